The van der Waals surface area contributed by atoms with E-state index in [-0.39, 0.29) is 16.8 Å². The standard InChI is InChI=1S/C27H21NO6/c1-15-7-12-21-20(13-15)24(29)22-23(16-8-10-17(11-9-16)27(31)33-3)28(26(30)25(22)34-21)18-5-4-6-19(14-18)32-2/h4-14,23H,1-3H3. The predicted molar refractivity (Wildman–Crippen MR) is 127 cm³/mol. The van der Waals surface area contributed by atoms with E-state index in [1.807, 2.05) is 13.0 Å². The Hall–Kier alpha value is -4.39. The van der Waals surface area contributed by atoms with Crippen molar-refractivity contribution in [3.8, 4) is 5.75 Å². The predicted octanol–water partition coefficient (Wildman–Crippen LogP) is 4.65. The molecule has 1 aromatic heterocycles. The lowest BCUT2D eigenvalue weighted by atomic mass is 9.97. The number of methoxy groups -OCH3 is 2. The van der Waals surface area contributed by atoms with Crippen molar-refractivity contribution in [1.29, 1.82) is 0 Å². The van der Waals surface area contributed by atoms with Crippen LogP contribution in [0.1, 0.15) is 43.6 Å². The average molecular weight is 455 g/mol. The van der Waals surface area contributed by atoms with Gasteiger partial charge in [0.25, 0.3) is 5.91 Å². The van der Waals surface area contributed by atoms with Crippen molar-refractivity contribution in [2.24, 2.45) is 0 Å². The van der Waals surface area contributed by atoms with Crippen molar-refractivity contribution in [3.63, 3.8) is 0 Å². The summed E-state index contributed by atoms with van der Waals surface area (Å²) >= 11 is 0. The molecule has 0 fully saturated rings. The number of aryl methyl sites for hydroxylation is 1. The largest absolute Gasteiger partial charge is 0.497 e. The van der Waals surface area contributed by atoms with Crippen molar-refractivity contribution in [2.75, 3.05) is 19.1 Å². The molecule has 1 unspecified atom stereocenters. The van der Waals surface area contributed by atoms with E-state index < -0.39 is 17.9 Å². The van der Waals surface area contributed by atoms with Gasteiger partial charge in [0.1, 0.15) is 11.3 Å². The lowest BCUT2D eigenvalue weighted by molar-refractivity contribution is 0.0600. The third kappa shape index (κ3) is 3.33. The number of benzene rings is 3. The Balaban J connectivity index is 1.76. The van der Waals surface area contributed by atoms with Crippen LogP contribution < -0.4 is 15.1 Å². The molecule has 0 saturated carbocycles. The van der Waals surface area contributed by atoms with Gasteiger partial charge in [0.2, 0.25) is 5.76 Å². The van der Waals surface area contributed by atoms with E-state index in [0.29, 0.717) is 33.5 Å². The first kappa shape index (κ1) is 21.5. The summed E-state index contributed by atoms with van der Waals surface area (Å²) in [5.41, 5.74) is 2.84. The van der Waals surface area contributed by atoms with Crippen molar-refractivity contribution in [3.05, 3.63) is 105 Å². The molecular formula is C27H21NO6. The Morgan fingerprint density at radius 3 is 2.44 bits per heavy atom. The zero-order valence-corrected chi connectivity index (χ0v) is 18.8. The average Bonchev–Trinajstić information content (AvgIpc) is 3.16. The number of rotatable bonds is 4. The fraction of sp³-hybridized carbons (Fsp3) is 0.148. The highest BCUT2D eigenvalue weighted by molar-refractivity contribution is 6.10. The Bertz CT molecular complexity index is 1500. The Morgan fingerprint density at radius 1 is 0.971 bits per heavy atom. The fourth-order valence-electron chi connectivity index (χ4n) is 4.35. The van der Waals surface area contributed by atoms with Gasteiger partial charge in [-0.15, -0.1) is 0 Å². The quantitative estimate of drug-likeness (QED) is 0.417. The maximum atomic E-state index is 13.7. The maximum Gasteiger partial charge on any atom is 0.337 e. The summed E-state index contributed by atoms with van der Waals surface area (Å²) in [5, 5.41) is 0.412. The van der Waals surface area contributed by atoms with Gasteiger partial charge in [-0.2, -0.15) is 0 Å². The van der Waals surface area contributed by atoms with Gasteiger partial charge in [-0.3, -0.25) is 14.5 Å². The molecule has 1 amide bonds. The molecule has 1 aliphatic rings. The molecule has 1 aliphatic heterocycles. The number of fused-ring (bicyclic) bond motifs is 2. The van der Waals surface area contributed by atoms with Gasteiger partial charge in [-0.25, -0.2) is 4.79 Å². The molecule has 0 spiro atoms. The van der Waals surface area contributed by atoms with Gasteiger partial charge >= 0.3 is 5.97 Å². The van der Waals surface area contributed by atoms with E-state index in [2.05, 4.69) is 0 Å². The summed E-state index contributed by atoms with van der Waals surface area (Å²) < 4.78 is 16.1. The summed E-state index contributed by atoms with van der Waals surface area (Å²) in [5.74, 6) is -0.322. The van der Waals surface area contributed by atoms with Crippen LogP contribution in [0, 0.1) is 6.92 Å². The number of ether oxygens (including phenoxy) is 2. The minimum absolute atomic E-state index is 0.00576. The second kappa shape index (κ2) is 8.19. The van der Waals surface area contributed by atoms with E-state index in [1.165, 1.54) is 12.0 Å². The second-order valence-electron chi connectivity index (χ2n) is 8.07. The molecule has 1 atom stereocenters. The number of nitrogens with zero attached hydrogens (tertiary/aromatic N) is 1. The molecule has 7 heteroatoms. The summed E-state index contributed by atoms with van der Waals surface area (Å²) in [6, 6.07) is 18.3. The molecular weight excluding hydrogens is 434 g/mol. The van der Waals surface area contributed by atoms with Crippen molar-refractivity contribution in [1.82, 2.24) is 0 Å². The van der Waals surface area contributed by atoms with Crippen LogP contribution in [0.4, 0.5) is 5.69 Å². The monoisotopic (exact) mass is 455 g/mol. The normalized spacial score (nSPS) is 14.9. The fourth-order valence-corrected chi connectivity index (χ4v) is 4.35. The van der Waals surface area contributed by atoms with Crippen LogP contribution in [0.2, 0.25) is 0 Å². The van der Waals surface area contributed by atoms with Gasteiger partial charge < -0.3 is 13.9 Å². The Kier molecular flexibility index (Phi) is 5.17. The molecule has 7 nitrogen and oxygen atoms in total. The van der Waals surface area contributed by atoms with Gasteiger partial charge in [-0.1, -0.05) is 29.8 Å². The smallest absolute Gasteiger partial charge is 0.337 e. The highest BCUT2D eigenvalue weighted by Crippen LogP contribution is 2.42. The molecule has 0 aliphatic carbocycles. The molecule has 170 valence electrons. The van der Waals surface area contributed by atoms with Gasteiger partial charge in [0.15, 0.2) is 5.43 Å². The summed E-state index contributed by atoms with van der Waals surface area (Å²) in [4.78, 5) is 40.8. The molecule has 0 radical (unpaired) electrons. The van der Waals surface area contributed by atoms with Crippen LogP contribution in [-0.4, -0.2) is 26.1 Å². The van der Waals surface area contributed by atoms with Crippen LogP contribution in [0.3, 0.4) is 0 Å². The minimum atomic E-state index is -0.748. The molecule has 4 aromatic rings. The van der Waals surface area contributed by atoms with Crippen molar-refractivity contribution in [2.45, 2.75) is 13.0 Å². The molecule has 2 heterocycles. The maximum absolute atomic E-state index is 13.7. The number of carbonyl (C=O) groups is 2. The zero-order chi connectivity index (χ0) is 24.0. The molecule has 34 heavy (non-hydrogen) atoms. The van der Waals surface area contributed by atoms with Crippen LogP contribution in [0.25, 0.3) is 11.0 Å². The number of anilines is 1. The topological polar surface area (TPSA) is 86.0 Å². The van der Waals surface area contributed by atoms with Crippen LogP contribution in [0.15, 0.2) is 75.9 Å². The van der Waals surface area contributed by atoms with E-state index in [9.17, 15) is 14.4 Å². The highest BCUT2D eigenvalue weighted by atomic mass is 16.5. The second-order valence-corrected chi connectivity index (χ2v) is 8.07. The van der Waals surface area contributed by atoms with E-state index in [0.717, 1.165) is 5.56 Å². The highest BCUT2D eigenvalue weighted by Gasteiger charge is 2.43. The third-order valence-corrected chi connectivity index (χ3v) is 6.00. The first-order chi connectivity index (χ1) is 16.4. The lowest BCUT2D eigenvalue weighted by Crippen LogP contribution is -2.29. The first-order valence-corrected chi connectivity index (χ1v) is 10.7. The summed E-state index contributed by atoms with van der Waals surface area (Å²) in [6.45, 7) is 1.89. The zero-order valence-electron chi connectivity index (χ0n) is 18.8. The van der Waals surface area contributed by atoms with Crippen molar-refractivity contribution < 1.29 is 23.5 Å². The van der Waals surface area contributed by atoms with E-state index in [4.69, 9.17) is 13.9 Å². The SMILES string of the molecule is COC(=O)c1ccc(C2c3c(oc4ccc(C)cc4c3=O)C(=O)N2c2cccc(OC)c2)cc1. The molecule has 0 bridgehead atoms. The summed E-state index contributed by atoms with van der Waals surface area (Å²) in [7, 11) is 2.85. The van der Waals surface area contributed by atoms with Gasteiger partial charge in [-0.05, 0) is 48.9 Å². The number of hydrogen-bond acceptors (Lipinski definition) is 6. The lowest BCUT2D eigenvalue weighted by Gasteiger charge is -2.25. The van der Waals surface area contributed by atoms with Gasteiger partial charge in [0.05, 0.1) is 36.8 Å². The van der Waals surface area contributed by atoms with Crippen molar-refractivity contribution >= 4 is 28.5 Å². The molecule has 5 rings (SSSR count). The van der Waals surface area contributed by atoms with E-state index in [1.54, 1.807) is 67.8 Å². The number of carbonyl (C=O) groups excluding carboxylic acids is 2. The number of esters is 1. The molecule has 3 aromatic carbocycles. The number of hydrogen-bond donors (Lipinski definition) is 0. The Labute approximate surface area is 195 Å². The van der Waals surface area contributed by atoms with Crippen LogP contribution >= 0.6 is 0 Å². The first-order valence-electron chi connectivity index (χ1n) is 10.7. The minimum Gasteiger partial charge on any atom is -0.497 e. The Morgan fingerprint density at radius 2 is 1.74 bits per heavy atom. The van der Waals surface area contributed by atoms with Crippen LogP contribution in [0.5, 0.6) is 5.75 Å². The number of amides is 1. The molecule has 0 saturated heterocycles. The third-order valence-electron chi connectivity index (χ3n) is 6.00. The summed E-state index contributed by atoms with van der Waals surface area (Å²) in [6.07, 6.45) is 0. The van der Waals surface area contributed by atoms with E-state index >= 15 is 0 Å². The van der Waals surface area contributed by atoms with Gasteiger partial charge in [0, 0.05) is 11.8 Å². The molecule has 0 N–H and O–H groups in total. The van der Waals surface area contributed by atoms with Crippen LogP contribution in [-0.2, 0) is 4.74 Å².